The minimum atomic E-state index is -0.0184. The molecule has 22 heavy (non-hydrogen) atoms. The molecule has 1 aliphatic heterocycles. The molecule has 1 aliphatic rings. The van der Waals surface area contributed by atoms with E-state index >= 15 is 0 Å². The van der Waals surface area contributed by atoms with Crippen LogP contribution >= 0.6 is 0 Å². The fourth-order valence-corrected chi connectivity index (χ4v) is 2.38. The highest BCUT2D eigenvalue weighted by Gasteiger charge is 2.33. The number of hydrogen-bond donors (Lipinski definition) is 0. The molecule has 114 valence electrons. The van der Waals surface area contributed by atoms with Crippen molar-refractivity contribution in [2.75, 3.05) is 19.7 Å². The Morgan fingerprint density at radius 2 is 2.09 bits per heavy atom. The topological polar surface area (TPSA) is 51.7 Å². The molecule has 1 fully saturated rings. The molecule has 0 spiro atoms. The molecule has 1 aromatic carbocycles. The van der Waals surface area contributed by atoms with Crippen LogP contribution in [0.5, 0.6) is 11.5 Å². The number of hydrogen-bond acceptors (Lipinski definition) is 4. The zero-order valence-electron chi connectivity index (χ0n) is 12.4. The highest BCUT2D eigenvalue weighted by Crippen LogP contribution is 2.24. The molecule has 0 atom stereocenters. The van der Waals surface area contributed by atoms with Gasteiger partial charge in [0, 0.05) is 6.20 Å². The van der Waals surface area contributed by atoms with Gasteiger partial charge in [-0.3, -0.25) is 9.78 Å². The van der Waals surface area contributed by atoms with Gasteiger partial charge in [0.15, 0.2) is 0 Å². The van der Waals surface area contributed by atoms with Crippen LogP contribution in [0.25, 0.3) is 0 Å². The fraction of sp³-hybridized carbons (Fsp3) is 0.294. The van der Waals surface area contributed by atoms with Crippen molar-refractivity contribution in [1.29, 1.82) is 0 Å². The average molecular weight is 298 g/mol. The Bertz CT molecular complexity index is 639. The van der Waals surface area contributed by atoms with Crippen LogP contribution in [0.2, 0.25) is 0 Å². The number of likely N-dealkylation sites (tertiary alicyclic amines) is 1. The van der Waals surface area contributed by atoms with E-state index in [0.717, 1.165) is 5.75 Å². The molecule has 2 aromatic rings. The van der Waals surface area contributed by atoms with Crippen molar-refractivity contribution in [3.05, 3.63) is 54.4 Å². The van der Waals surface area contributed by atoms with Crippen molar-refractivity contribution in [3.63, 3.8) is 0 Å². The molecule has 0 bridgehead atoms. The standard InChI is InChI=1S/C17H18N2O3/c1-2-21-16-8-4-3-7-15(16)17(20)19-11-14(12-19)22-13-6-5-9-18-10-13/h3-10,14H,2,11-12H2,1H3. The molecule has 5 nitrogen and oxygen atoms in total. The number of para-hydroxylation sites is 1. The lowest BCUT2D eigenvalue weighted by atomic mass is 10.1. The van der Waals surface area contributed by atoms with E-state index in [4.69, 9.17) is 9.47 Å². The van der Waals surface area contributed by atoms with Crippen LogP contribution in [0.15, 0.2) is 48.8 Å². The van der Waals surface area contributed by atoms with Crippen LogP contribution in [-0.2, 0) is 0 Å². The monoisotopic (exact) mass is 298 g/mol. The lowest BCUT2D eigenvalue weighted by Crippen LogP contribution is -2.56. The van der Waals surface area contributed by atoms with Gasteiger partial charge in [-0.15, -0.1) is 0 Å². The van der Waals surface area contributed by atoms with E-state index in [1.807, 2.05) is 37.3 Å². The molecule has 0 unspecified atom stereocenters. The van der Waals surface area contributed by atoms with Gasteiger partial charge in [0.25, 0.3) is 5.91 Å². The van der Waals surface area contributed by atoms with Crippen molar-refractivity contribution in [2.24, 2.45) is 0 Å². The fourth-order valence-electron chi connectivity index (χ4n) is 2.38. The van der Waals surface area contributed by atoms with Crippen LogP contribution in [0.3, 0.4) is 0 Å². The third kappa shape index (κ3) is 3.03. The number of carbonyl (C=O) groups excluding carboxylic acids is 1. The molecule has 0 saturated carbocycles. The van der Waals surface area contributed by atoms with Crippen LogP contribution < -0.4 is 9.47 Å². The predicted molar refractivity (Wildman–Crippen MR) is 82.2 cm³/mol. The number of benzene rings is 1. The summed E-state index contributed by atoms with van der Waals surface area (Å²) < 4.78 is 11.3. The number of ether oxygens (including phenoxy) is 2. The van der Waals surface area contributed by atoms with Gasteiger partial charge in [-0.1, -0.05) is 12.1 Å². The molecule has 3 rings (SSSR count). The van der Waals surface area contributed by atoms with Crippen LogP contribution in [0, 0.1) is 0 Å². The molecule has 1 aromatic heterocycles. The highest BCUT2D eigenvalue weighted by atomic mass is 16.5. The SMILES string of the molecule is CCOc1ccccc1C(=O)N1CC(Oc2cccnc2)C1. The Kier molecular flexibility index (Phi) is 4.23. The Morgan fingerprint density at radius 1 is 1.27 bits per heavy atom. The van der Waals surface area contributed by atoms with Crippen molar-refractivity contribution in [3.8, 4) is 11.5 Å². The second-order valence-electron chi connectivity index (χ2n) is 5.07. The molecule has 2 heterocycles. The third-order valence-corrected chi connectivity index (χ3v) is 3.49. The predicted octanol–water partition coefficient (Wildman–Crippen LogP) is 2.38. The van der Waals surface area contributed by atoms with E-state index in [-0.39, 0.29) is 12.0 Å². The largest absolute Gasteiger partial charge is 0.493 e. The van der Waals surface area contributed by atoms with Gasteiger partial charge in [-0.25, -0.2) is 0 Å². The second kappa shape index (κ2) is 6.47. The lowest BCUT2D eigenvalue weighted by Gasteiger charge is -2.39. The summed E-state index contributed by atoms with van der Waals surface area (Å²) in [7, 11) is 0. The maximum atomic E-state index is 12.5. The van der Waals surface area contributed by atoms with Crippen LogP contribution in [0.4, 0.5) is 0 Å². The zero-order valence-corrected chi connectivity index (χ0v) is 12.4. The summed E-state index contributed by atoms with van der Waals surface area (Å²) in [4.78, 5) is 18.3. The van der Waals surface area contributed by atoms with Crippen molar-refractivity contribution < 1.29 is 14.3 Å². The van der Waals surface area contributed by atoms with Gasteiger partial charge in [0.05, 0.1) is 31.5 Å². The maximum Gasteiger partial charge on any atom is 0.257 e. The van der Waals surface area contributed by atoms with Gasteiger partial charge in [-0.2, -0.15) is 0 Å². The molecular formula is C17H18N2O3. The van der Waals surface area contributed by atoms with E-state index < -0.39 is 0 Å². The Labute approximate surface area is 129 Å². The number of amides is 1. The van der Waals surface area contributed by atoms with E-state index in [9.17, 15) is 4.79 Å². The van der Waals surface area contributed by atoms with E-state index in [0.29, 0.717) is 31.0 Å². The van der Waals surface area contributed by atoms with E-state index in [1.165, 1.54) is 0 Å². The first-order valence-corrected chi connectivity index (χ1v) is 7.35. The summed E-state index contributed by atoms with van der Waals surface area (Å²) in [5, 5.41) is 0. The molecule has 5 heteroatoms. The molecule has 1 saturated heterocycles. The normalized spacial score (nSPS) is 14.3. The maximum absolute atomic E-state index is 12.5. The zero-order chi connectivity index (χ0) is 15.4. The summed E-state index contributed by atoms with van der Waals surface area (Å²) in [5.74, 6) is 1.34. The van der Waals surface area contributed by atoms with Gasteiger partial charge < -0.3 is 14.4 Å². The van der Waals surface area contributed by atoms with Crippen molar-refractivity contribution in [2.45, 2.75) is 13.0 Å². The Balaban J connectivity index is 1.60. The van der Waals surface area contributed by atoms with Gasteiger partial charge in [0.1, 0.15) is 17.6 Å². The first-order chi connectivity index (χ1) is 10.8. The number of nitrogens with zero attached hydrogens (tertiary/aromatic N) is 2. The first-order valence-electron chi connectivity index (χ1n) is 7.35. The van der Waals surface area contributed by atoms with Crippen molar-refractivity contribution >= 4 is 5.91 Å². The summed E-state index contributed by atoms with van der Waals surface area (Å²) in [6.07, 6.45) is 3.40. The minimum Gasteiger partial charge on any atom is -0.493 e. The molecule has 0 N–H and O–H groups in total. The van der Waals surface area contributed by atoms with Crippen LogP contribution in [-0.4, -0.2) is 41.6 Å². The molecule has 0 radical (unpaired) electrons. The summed E-state index contributed by atoms with van der Waals surface area (Å²) in [6, 6.07) is 11.0. The summed E-state index contributed by atoms with van der Waals surface area (Å²) in [5.41, 5.74) is 0.601. The first kappa shape index (κ1) is 14.4. The van der Waals surface area contributed by atoms with E-state index in [2.05, 4.69) is 4.98 Å². The Morgan fingerprint density at radius 3 is 2.82 bits per heavy atom. The summed E-state index contributed by atoms with van der Waals surface area (Å²) in [6.45, 7) is 3.60. The highest BCUT2D eigenvalue weighted by molar-refractivity contribution is 5.97. The summed E-state index contributed by atoms with van der Waals surface area (Å²) >= 11 is 0. The van der Waals surface area contributed by atoms with Gasteiger partial charge in [0.2, 0.25) is 0 Å². The smallest absolute Gasteiger partial charge is 0.257 e. The molecule has 0 aliphatic carbocycles. The van der Waals surface area contributed by atoms with Gasteiger partial charge >= 0.3 is 0 Å². The minimum absolute atomic E-state index is 0.0184. The third-order valence-electron chi connectivity index (χ3n) is 3.49. The number of carbonyl (C=O) groups is 1. The molecular weight excluding hydrogens is 280 g/mol. The number of aromatic nitrogens is 1. The Hall–Kier alpha value is -2.56. The number of pyridine rings is 1. The van der Waals surface area contributed by atoms with E-state index in [1.54, 1.807) is 23.4 Å². The number of rotatable bonds is 5. The molecule has 1 amide bonds. The van der Waals surface area contributed by atoms with Gasteiger partial charge in [-0.05, 0) is 31.2 Å². The lowest BCUT2D eigenvalue weighted by molar-refractivity contribution is 0.0174. The quantitative estimate of drug-likeness (QED) is 0.850. The van der Waals surface area contributed by atoms with Crippen molar-refractivity contribution in [1.82, 2.24) is 9.88 Å². The second-order valence-corrected chi connectivity index (χ2v) is 5.07. The average Bonchev–Trinajstić information content (AvgIpc) is 2.52. The van der Waals surface area contributed by atoms with Crippen LogP contribution in [0.1, 0.15) is 17.3 Å².